The number of anilines is 1. The number of nitrogens with zero attached hydrogens (tertiary/aromatic N) is 3. The number of aromatic nitrogens is 2. The summed E-state index contributed by atoms with van der Waals surface area (Å²) in [6.07, 6.45) is 8.57. The summed E-state index contributed by atoms with van der Waals surface area (Å²) >= 11 is 1.59. The zero-order chi connectivity index (χ0) is 14.7. The minimum absolute atomic E-state index is 0. The van der Waals surface area contributed by atoms with Gasteiger partial charge in [0.25, 0.3) is 0 Å². The Balaban J connectivity index is 0.00000176. The molecule has 0 aromatic carbocycles. The highest BCUT2D eigenvalue weighted by Gasteiger charge is 2.27. The van der Waals surface area contributed by atoms with Gasteiger partial charge < -0.3 is 5.73 Å². The van der Waals surface area contributed by atoms with Crippen molar-refractivity contribution >= 4 is 28.9 Å². The average molecular weight is 339 g/mol. The standard InChI is InChI=1S/C16H22N4S.ClH/c1-2-9-20(11-13-10-19-16(17)21-13)14-7-3-5-12-6-4-8-18-15(12)14;/h4,6,8,10,14H,2-3,5,7,9,11H2,1H3,(H2,17,19);1H. The van der Waals surface area contributed by atoms with E-state index in [1.807, 2.05) is 12.4 Å². The number of thiazole rings is 1. The lowest BCUT2D eigenvalue weighted by Gasteiger charge is -2.34. The molecule has 0 saturated carbocycles. The van der Waals surface area contributed by atoms with Gasteiger partial charge in [-0.1, -0.05) is 13.0 Å². The van der Waals surface area contributed by atoms with Gasteiger partial charge in [-0.3, -0.25) is 9.88 Å². The molecule has 0 radical (unpaired) electrons. The molecule has 1 atom stereocenters. The molecule has 6 heteroatoms. The smallest absolute Gasteiger partial charge is 0.180 e. The van der Waals surface area contributed by atoms with E-state index < -0.39 is 0 Å². The molecule has 0 spiro atoms. The summed E-state index contributed by atoms with van der Waals surface area (Å²) in [5, 5.41) is 0.656. The predicted molar refractivity (Wildman–Crippen MR) is 94.4 cm³/mol. The largest absolute Gasteiger partial charge is 0.375 e. The Labute approximate surface area is 142 Å². The van der Waals surface area contributed by atoms with Crippen molar-refractivity contribution in [2.24, 2.45) is 0 Å². The lowest BCUT2D eigenvalue weighted by molar-refractivity contribution is 0.167. The Bertz CT molecular complexity index is 601. The molecule has 1 aliphatic carbocycles. The molecule has 1 aliphatic rings. The van der Waals surface area contributed by atoms with Gasteiger partial charge in [0, 0.05) is 23.8 Å². The second-order valence-electron chi connectivity index (χ2n) is 5.59. The first kappa shape index (κ1) is 17.2. The number of nitrogen functional groups attached to an aromatic ring is 1. The third-order valence-corrected chi connectivity index (χ3v) is 4.86. The van der Waals surface area contributed by atoms with Crippen LogP contribution in [-0.2, 0) is 13.0 Å². The summed E-state index contributed by atoms with van der Waals surface area (Å²) in [4.78, 5) is 12.6. The van der Waals surface area contributed by atoms with Gasteiger partial charge in [0.1, 0.15) is 0 Å². The summed E-state index contributed by atoms with van der Waals surface area (Å²) in [7, 11) is 0. The molecule has 2 aromatic heterocycles. The number of halogens is 1. The SMILES string of the molecule is CCCN(Cc1cnc(N)s1)C1CCCc2cccnc21.Cl. The van der Waals surface area contributed by atoms with Crippen molar-refractivity contribution in [2.45, 2.75) is 45.2 Å². The van der Waals surface area contributed by atoms with E-state index in [1.54, 1.807) is 11.3 Å². The highest BCUT2D eigenvalue weighted by molar-refractivity contribution is 7.15. The van der Waals surface area contributed by atoms with Crippen molar-refractivity contribution in [1.29, 1.82) is 0 Å². The molecule has 0 amide bonds. The number of pyridine rings is 1. The van der Waals surface area contributed by atoms with Crippen LogP contribution in [0.2, 0.25) is 0 Å². The summed E-state index contributed by atoms with van der Waals surface area (Å²) in [6, 6.07) is 4.71. The Kier molecular flexibility index (Phi) is 6.17. The fourth-order valence-electron chi connectivity index (χ4n) is 3.17. The van der Waals surface area contributed by atoms with Gasteiger partial charge in [0.05, 0.1) is 11.7 Å². The van der Waals surface area contributed by atoms with Gasteiger partial charge in [0.15, 0.2) is 5.13 Å². The molecule has 0 aliphatic heterocycles. The Hall–Kier alpha value is -1.17. The fourth-order valence-corrected chi connectivity index (χ4v) is 3.88. The number of nitrogens with two attached hydrogens (primary N) is 1. The minimum Gasteiger partial charge on any atom is -0.375 e. The normalized spacial score (nSPS) is 17.1. The van der Waals surface area contributed by atoms with E-state index >= 15 is 0 Å². The number of fused-ring (bicyclic) bond motifs is 1. The van der Waals surface area contributed by atoms with Crippen LogP contribution in [-0.4, -0.2) is 21.4 Å². The first-order valence-electron chi connectivity index (χ1n) is 7.66. The van der Waals surface area contributed by atoms with Crippen LogP contribution in [0.4, 0.5) is 5.13 Å². The Morgan fingerprint density at radius 1 is 1.41 bits per heavy atom. The molecular weight excluding hydrogens is 316 g/mol. The topological polar surface area (TPSA) is 55.0 Å². The lowest BCUT2D eigenvalue weighted by Crippen LogP contribution is -2.32. The molecule has 120 valence electrons. The third kappa shape index (κ3) is 3.77. The van der Waals surface area contributed by atoms with Gasteiger partial charge in [0.2, 0.25) is 0 Å². The highest BCUT2D eigenvalue weighted by Crippen LogP contribution is 2.34. The van der Waals surface area contributed by atoms with Crippen LogP contribution in [0.1, 0.15) is 48.4 Å². The molecular formula is C16H23ClN4S. The fraction of sp³-hybridized carbons (Fsp3) is 0.500. The van der Waals surface area contributed by atoms with Gasteiger partial charge >= 0.3 is 0 Å². The second-order valence-corrected chi connectivity index (χ2v) is 6.74. The lowest BCUT2D eigenvalue weighted by atomic mass is 9.90. The number of aryl methyl sites for hydroxylation is 1. The molecule has 0 bridgehead atoms. The molecule has 0 saturated heterocycles. The first-order valence-corrected chi connectivity index (χ1v) is 8.47. The summed E-state index contributed by atoms with van der Waals surface area (Å²) in [5.41, 5.74) is 8.45. The van der Waals surface area contributed by atoms with Gasteiger partial charge in [-0.15, -0.1) is 23.7 Å². The molecule has 0 fully saturated rings. The summed E-state index contributed by atoms with van der Waals surface area (Å²) in [5.74, 6) is 0. The predicted octanol–water partition coefficient (Wildman–Crippen LogP) is 3.83. The van der Waals surface area contributed by atoms with Crippen LogP contribution in [0.25, 0.3) is 0 Å². The molecule has 2 aromatic rings. The van der Waals surface area contributed by atoms with Crippen molar-refractivity contribution in [3.05, 3.63) is 40.7 Å². The minimum atomic E-state index is 0. The second kappa shape index (κ2) is 7.90. The summed E-state index contributed by atoms with van der Waals surface area (Å²) in [6.45, 7) is 4.23. The van der Waals surface area contributed by atoms with Gasteiger partial charge in [-0.25, -0.2) is 4.98 Å². The van der Waals surface area contributed by atoms with Crippen LogP contribution in [0.5, 0.6) is 0 Å². The van der Waals surface area contributed by atoms with E-state index in [4.69, 9.17) is 5.73 Å². The van der Waals surface area contributed by atoms with Crippen LogP contribution in [0.15, 0.2) is 24.5 Å². The summed E-state index contributed by atoms with van der Waals surface area (Å²) < 4.78 is 0. The van der Waals surface area contributed by atoms with Gasteiger partial charge in [-0.05, 0) is 43.9 Å². The van der Waals surface area contributed by atoms with Crippen molar-refractivity contribution in [3.8, 4) is 0 Å². The van der Waals surface area contributed by atoms with Crippen molar-refractivity contribution < 1.29 is 0 Å². The number of rotatable bonds is 5. The van der Waals surface area contributed by atoms with E-state index in [0.29, 0.717) is 11.2 Å². The van der Waals surface area contributed by atoms with E-state index in [0.717, 1.165) is 25.9 Å². The van der Waals surface area contributed by atoms with Crippen LogP contribution in [0, 0.1) is 0 Å². The maximum atomic E-state index is 5.76. The Morgan fingerprint density at radius 3 is 3.00 bits per heavy atom. The zero-order valence-electron chi connectivity index (χ0n) is 12.9. The third-order valence-electron chi connectivity index (χ3n) is 4.05. The van der Waals surface area contributed by atoms with Crippen LogP contribution >= 0.6 is 23.7 Å². The van der Waals surface area contributed by atoms with Crippen molar-refractivity contribution in [3.63, 3.8) is 0 Å². The monoisotopic (exact) mass is 338 g/mol. The van der Waals surface area contributed by atoms with E-state index in [2.05, 4.69) is 33.9 Å². The molecule has 22 heavy (non-hydrogen) atoms. The van der Waals surface area contributed by atoms with Crippen molar-refractivity contribution in [1.82, 2.24) is 14.9 Å². The van der Waals surface area contributed by atoms with Crippen LogP contribution in [0.3, 0.4) is 0 Å². The molecule has 2 heterocycles. The maximum absolute atomic E-state index is 5.76. The average Bonchev–Trinajstić information content (AvgIpc) is 2.91. The quantitative estimate of drug-likeness (QED) is 0.900. The maximum Gasteiger partial charge on any atom is 0.180 e. The Morgan fingerprint density at radius 2 is 2.27 bits per heavy atom. The van der Waals surface area contributed by atoms with Crippen molar-refractivity contribution in [2.75, 3.05) is 12.3 Å². The van der Waals surface area contributed by atoms with Gasteiger partial charge in [-0.2, -0.15) is 0 Å². The number of hydrogen-bond acceptors (Lipinski definition) is 5. The molecule has 4 nitrogen and oxygen atoms in total. The highest BCUT2D eigenvalue weighted by atomic mass is 35.5. The molecule has 2 N–H and O–H groups in total. The zero-order valence-corrected chi connectivity index (χ0v) is 14.5. The van der Waals surface area contributed by atoms with E-state index in [1.165, 1.54) is 29.0 Å². The number of hydrogen-bond donors (Lipinski definition) is 1. The van der Waals surface area contributed by atoms with E-state index in [-0.39, 0.29) is 12.4 Å². The molecule has 1 unspecified atom stereocenters. The first-order chi connectivity index (χ1) is 10.3. The van der Waals surface area contributed by atoms with E-state index in [9.17, 15) is 0 Å². The molecule has 3 rings (SSSR count). The van der Waals surface area contributed by atoms with Crippen LogP contribution < -0.4 is 5.73 Å².